The van der Waals surface area contributed by atoms with Crippen molar-refractivity contribution >= 4 is 11.8 Å². The van der Waals surface area contributed by atoms with Gasteiger partial charge in [0.25, 0.3) is 5.91 Å². The largest absolute Gasteiger partial charge is 0.383 e. The van der Waals surface area contributed by atoms with E-state index in [2.05, 4.69) is 5.32 Å². The van der Waals surface area contributed by atoms with E-state index >= 15 is 4.39 Å². The molecule has 1 heterocycles. The number of halogens is 1. The minimum Gasteiger partial charge on any atom is -0.383 e. The second-order valence-corrected chi connectivity index (χ2v) is 6.99. The van der Waals surface area contributed by atoms with E-state index in [1.54, 1.807) is 4.90 Å². The van der Waals surface area contributed by atoms with Gasteiger partial charge in [-0.15, -0.1) is 0 Å². The molecule has 2 fully saturated rings. The molecule has 1 atom stereocenters. The predicted octanol–water partition coefficient (Wildman–Crippen LogP) is 1.81. The van der Waals surface area contributed by atoms with Crippen LogP contribution in [0.4, 0.5) is 4.39 Å². The molecule has 1 aromatic carbocycles. The highest BCUT2D eigenvalue weighted by Gasteiger charge is 2.55. The van der Waals surface area contributed by atoms with Gasteiger partial charge < -0.3 is 15.0 Å². The van der Waals surface area contributed by atoms with Crippen LogP contribution in [0.1, 0.15) is 31.2 Å². The number of rotatable bonds is 6. The Labute approximate surface area is 147 Å². The van der Waals surface area contributed by atoms with Crippen LogP contribution in [0.15, 0.2) is 30.3 Å². The third kappa shape index (κ3) is 3.54. The first-order valence-corrected chi connectivity index (χ1v) is 8.83. The van der Waals surface area contributed by atoms with E-state index in [-0.39, 0.29) is 25.4 Å². The van der Waals surface area contributed by atoms with Gasteiger partial charge in [0.2, 0.25) is 11.6 Å². The molecule has 5 nitrogen and oxygen atoms in total. The van der Waals surface area contributed by atoms with Crippen LogP contribution in [0.2, 0.25) is 0 Å². The molecule has 0 bridgehead atoms. The third-order valence-electron chi connectivity index (χ3n) is 5.21. The second-order valence-electron chi connectivity index (χ2n) is 6.99. The number of likely N-dealkylation sites (tertiary alicyclic amines) is 1. The highest BCUT2D eigenvalue weighted by atomic mass is 19.1. The molecule has 0 aromatic heterocycles. The van der Waals surface area contributed by atoms with Crippen molar-refractivity contribution in [3.8, 4) is 0 Å². The molecule has 2 aliphatic rings. The van der Waals surface area contributed by atoms with E-state index < -0.39 is 17.0 Å². The number of alkyl halides is 1. The van der Waals surface area contributed by atoms with Crippen molar-refractivity contribution in [2.75, 3.05) is 33.4 Å². The van der Waals surface area contributed by atoms with Gasteiger partial charge in [0, 0.05) is 20.2 Å². The summed E-state index contributed by atoms with van der Waals surface area (Å²) in [5.74, 6) is -0.697. The maximum absolute atomic E-state index is 15.2. The lowest BCUT2D eigenvalue weighted by Gasteiger charge is -2.38. The van der Waals surface area contributed by atoms with Gasteiger partial charge in [0.1, 0.15) is 0 Å². The fourth-order valence-electron chi connectivity index (χ4n) is 3.61. The van der Waals surface area contributed by atoms with Crippen LogP contribution < -0.4 is 5.32 Å². The molecule has 1 aliphatic carbocycles. The lowest BCUT2D eigenvalue weighted by atomic mass is 9.89. The summed E-state index contributed by atoms with van der Waals surface area (Å²) in [6.07, 6.45) is 2.20. The number of nitrogens with zero attached hydrogens (tertiary/aromatic N) is 1. The van der Waals surface area contributed by atoms with E-state index in [9.17, 15) is 9.59 Å². The summed E-state index contributed by atoms with van der Waals surface area (Å²) in [7, 11) is 1.52. The van der Waals surface area contributed by atoms with Crippen LogP contribution in [-0.4, -0.2) is 55.7 Å². The number of carbonyl (C=O) groups is 2. The van der Waals surface area contributed by atoms with Crippen molar-refractivity contribution in [3.05, 3.63) is 35.9 Å². The lowest BCUT2D eigenvalue weighted by molar-refractivity contribution is -0.145. The summed E-state index contributed by atoms with van der Waals surface area (Å²) in [5, 5.41) is 2.56. The molecule has 0 spiro atoms. The number of hydrogen-bond acceptors (Lipinski definition) is 3. The quantitative estimate of drug-likeness (QED) is 0.798. The normalized spacial score (nSPS) is 24.6. The molecule has 1 aromatic rings. The van der Waals surface area contributed by atoms with Gasteiger partial charge in [0.05, 0.1) is 18.6 Å². The lowest BCUT2D eigenvalue weighted by Crippen LogP contribution is -2.57. The van der Waals surface area contributed by atoms with Crippen LogP contribution in [0.3, 0.4) is 0 Å². The third-order valence-corrected chi connectivity index (χ3v) is 5.21. The molecule has 1 unspecified atom stereocenters. The Hall–Kier alpha value is -1.95. The number of methoxy groups -OCH3 is 1. The molecule has 25 heavy (non-hydrogen) atoms. The van der Waals surface area contributed by atoms with Gasteiger partial charge in [-0.3, -0.25) is 9.59 Å². The van der Waals surface area contributed by atoms with E-state index in [1.165, 1.54) is 7.11 Å². The molecule has 1 saturated heterocycles. The number of nitrogens with one attached hydrogen (secondary N) is 1. The van der Waals surface area contributed by atoms with Crippen LogP contribution in [-0.2, 0) is 19.7 Å². The molecule has 1 N–H and O–H groups in total. The van der Waals surface area contributed by atoms with Crippen molar-refractivity contribution in [1.29, 1.82) is 0 Å². The number of piperidine rings is 1. The van der Waals surface area contributed by atoms with Crippen LogP contribution in [0.5, 0.6) is 0 Å². The van der Waals surface area contributed by atoms with Crippen molar-refractivity contribution in [2.45, 2.75) is 36.8 Å². The molecular formula is C19H25FN2O3. The first-order chi connectivity index (χ1) is 12.0. The molecule has 1 aliphatic heterocycles. The molecule has 3 rings (SSSR count). The van der Waals surface area contributed by atoms with Gasteiger partial charge in [0.15, 0.2) is 0 Å². The smallest absolute Gasteiger partial charge is 0.259 e. The Morgan fingerprint density at radius 3 is 2.60 bits per heavy atom. The fraction of sp³-hybridized carbons (Fsp3) is 0.579. The zero-order valence-corrected chi connectivity index (χ0v) is 14.6. The van der Waals surface area contributed by atoms with Crippen molar-refractivity contribution in [2.24, 2.45) is 0 Å². The summed E-state index contributed by atoms with van der Waals surface area (Å²) < 4.78 is 20.0. The topological polar surface area (TPSA) is 58.6 Å². The maximum atomic E-state index is 15.2. The van der Waals surface area contributed by atoms with E-state index in [0.29, 0.717) is 19.6 Å². The first kappa shape index (κ1) is 17.9. The predicted molar refractivity (Wildman–Crippen MR) is 91.9 cm³/mol. The van der Waals surface area contributed by atoms with Crippen LogP contribution in [0, 0.1) is 0 Å². The standard InChI is InChI=1S/C19H25FN2O3/c1-25-13-11-21-16(23)19(20)8-5-12-22(14-19)17(24)18(9-10-18)15-6-3-2-4-7-15/h2-4,6-7H,5,8-14H2,1H3,(H,21,23). The highest BCUT2D eigenvalue weighted by molar-refractivity contribution is 5.93. The van der Waals surface area contributed by atoms with Crippen LogP contribution >= 0.6 is 0 Å². The number of hydrogen-bond donors (Lipinski definition) is 1. The summed E-state index contributed by atoms with van der Waals surface area (Å²) in [5.41, 5.74) is -1.56. The van der Waals surface area contributed by atoms with Gasteiger partial charge >= 0.3 is 0 Å². The molecule has 6 heteroatoms. The zero-order valence-electron chi connectivity index (χ0n) is 14.6. The van der Waals surface area contributed by atoms with Gasteiger partial charge in [-0.2, -0.15) is 0 Å². The van der Waals surface area contributed by atoms with Crippen molar-refractivity contribution < 1.29 is 18.7 Å². The van der Waals surface area contributed by atoms with E-state index in [4.69, 9.17) is 4.74 Å². The van der Waals surface area contributed by atoms with Crippen LogP contribution in [0.25, 0.3) is 0 Å². The van der Waals surface area contributed by atoms with Crippen molar-refractivity contribution in [3.63, 3.8) is 0 Å². The number of amides is 2. The average molecular weight is 348 g/mol. The highest BCUT2D eigenvalue weighted by Crippen LogP contribution is 2.50. The van der Waals surface area contributed by atoms with Gasteiger partial charge in [-0.25, -0.2) is 4.39 Å². The Morgan fingerprint density at radius 1 is 1.24 bits per heavy atom. The minimum absolute atomic E-state index is 0.0508. The Bertz CT molecular complexity index is 633. The summed E-state index contributed by atoms with van der Waals surface area (Å²) in [6.45, 7) is 0.939. The zero-order chi connectivity index (χ0) is 17.9. The first-order valence-electron chi connectivity index (χ1n) is 8.83. The van der Waals surface area contributed by atoms with Crippen molar-refractivity contribution in [1.82, 2.24) is 10.2 Å². The molecule has 0 radical (unpaired) electrons. The average Bonchev–Trinajstić information content (AvgIpc) is 3.44. The molecular weight excluding hydrogens is 323 g/mol. The van der Waals surface area contributed by atoms with Gasteiger partial charge in [-0.05, 0) is 31.2 Å². The second kappa shape index (κ2) is 7.12. The monoisotopic (exact) mass is 348 g/mol. The summed E-state index contributed by atoms with van der Waals surface area (Å²) in [6, 6.07) is 9.66. The number of benzene rings is 1. The summed E-state index contributed by atoms with van der Waals surface area (Å²) in [4.78, 5) is 26.8. The number of ether oxygens (including phenoxy) is 1. The maximum Gasteiger partial charge on any atom is 0.259 e. The number of carbonyl (C=O) groups excluding carboxylic acids is 2. The molecule has 1 saturated carbocycles. The Kier molecular flexibility index (Phi) is 5.08. The molecule has 2 amide bonds. The van der Waals surface area contributed by atoms with Gasteiger partial charge in [-0.1, -0.05) is 30.3 Å². The SMILES string of the molecule is COCCNC(=O)C1(F)CCCN(C(=O)C2(c3ccccc3)CC2)C1. The summed E-state index contributed by atoms with van der Waals surface area (Å²) >= 11 is 0. The Balaban J connectivity index is 1.69. The Morgan fingerprint density at radius 2 is 1.96 bits per heavy atom. The minimum atomic E-state index is -2.02. The van der Waals surface area contributed by atoms with E-state index in [0.717, 1.165) is 18.4 Å². The molecule has 136 valence electrons. The fourth-order valence-corrected chi connectivity index (χ4v) is 3.61. The van der Waals surface area contributed by atoms with E-state index in [1.807, 2.05) is 30.3 Å².